The van der Waals surface area contributed by atoms with Crippen LogP contribution < -0.4 is 0 Å². The van der Waals surface area contributed by atoms with Gasteiger partial charge in [0.25, 0.3) is 5.69 Å². The number of nitro benzene ring substituents is 1. The van der Waals surface area contributed by atoms with Gasteiger partial charge in [-0.25, -0.2) is 4.79 Å². The molecule has 0 aliphatic heterocycles. The number of nitro groups is 1. The molecule has 1 rings (SSSR count). The number of hydrogen-bond donors (Lipinski definition) is 3. The summed E-state index contributed by atoms with van der Waals surface area (Å²) < 4.78 is 0. The molecule has 0 spiro atoms. The van der Waals surface area contributed by atoms with Crippen LogP contribution in [0.2, 0.25) is 0 Å². The molecule has 7 nitrogen and oxygen atoms in total. The first-order chi connectivity index (χ1) is 8.41. The van der Waals surface area contributed by atoms with Gasteiger partial charge in [0.05, 0.1) is 11.0 Å². The van der Waals surface area contributed by atoms with E-state index < -0.39 is 23.1 Å². The minimum atomic E-state index is -1.82. The summed E-state index contributed by atoms with van der Waals surface area (Å²) in [6, 6.07) is 5.71. The zero-order valence-corrected chi connectivity index (χ0v) is 9.39. The normalized spacial score (nSPS) is 13.9. The Morgan fingerprint density at radius 3 is 2.28 bits per heavy atom. The zero-order valence-electron chi connectivity index (χ0n) is 9.39. The van der Waals surface area contributed by atoms with Gasteiger partial charge in [-0.2, -0.15) is 0 Å². The highest BCUT2D eigenvalue weighted by Crippen LogP contribution is 2.14. The number of non-ortho nitro benzene ring substituents is 1. The minimum Gasteiger partial charge on any atom is -0.479 e. The van der Waals surface area contributed by atoms with Crippen LogP contribution in [-0.4, -0.2) is 38.4 Å². The Labute approximate surface area is 102 Å². The van der Waals surface area contributed by atoms with Crippen LogP contribution >= 0.6 is 0 Å². The van der Waals surface area contributed by atoms with Gasteiger partial charge in [-0.15, -0.1) is 0 Å². The fourth-order valence-electron chi connectivity index (χ4n) is 1.42. The maximum atomic E-state index is 10.4. The largest absolute Gasteiger partial charge is 0.479 e. The molecule has 0 bridgehead atoms. The van der Waals surface area contributed by atoms with Gasteiger partial charge in [-0.1, -0.05) is 12.1 Å². The van der Waals surface area contributed by atoms with Crippen molar-refractivity contribution in [2.75, 3.05) is 0 Å². The Bertz CT molecular complexity index is 430. The standard InChI is InChI=1S/C11H13NO6/c13-9(10(14)11(15)16)6-3-7-1-4-8(5-2-7)12(17)18/h1-2,4-5,9-10,13-14H,3,6H2,(H,15,16). The van der Waals surface area contributed by atoms with Gasteiger partial charge < -0.3 is 15.3 Å². The molecular weight excluding hydrogens is 242 g/mol. The Balaban J connectivity index is 2.53. The van der Waals surface area contributed by atoms with E-state index in [1.165, 1.54) is 24.3 Å². The number of carboxylic acids is 1. The van der Waals surface area contributed by atoms with E-state index in [-0.39, 0.29) is 12.1 Å². The van der Waals surface area contributed by atoms with Gasteiger partial charge in [0, 0.05) is 12.1 Å². The third-order valence-corrected chi connectivity index (χ3v) is 2.49. The average molecular weight is 255 g/mol. The SMILES string of the molecule is O=C(O)C(O)C(O)CCc1ccc([N+](=O)[O-])cc1. The summed E-state index contributed by atoms with van der Waals surface area (Å²) in [6.45, 7) is 0. The smallest absolute Gasteiger partial charge is 0.335 e. The van der Waals surface area contributed by atoms with Crippen molar-refractivity contribution in [1.29, 1.82) is 0 Å². The van der Waals surface area contributed by atoms with E-state index in [0.717, 1.165) is 5.56 Å². The highest BCUT2D eigenvalue weighted by molar-refractivity contribution is 5.72. The highest BCUT2D eigenvalue weighted by Gasteiger charge is 2.23. The molecule has 0 saturated heterocycles. The number of carboxylic acid groups (broad SMARTS) is 1. The van der Waals surface area contributed by atoms with E-state index in [1.54, 1.807) is 0 Å². The summed E-state index contributed by atoms with van der Waals surface area (Å²) in [5.74, 6) is -1.48. The maximum absolute atomic E-state index is 10.4. The molecule has 0 amide bonds. The molecule has 0 aliphatic carbocycles. The van der Waals surface area contributed by atoms with Crippen molar-refractivity contribution >= 4 is 11.7 Å². The lowest BCUT2D eigenvalue weighted by Crippen LogP contribution is -2.33. The quantitative estimate of drug-likeness (QED) is 0.497. The summed E-state index contributed by atoms with van der Waals surface area (Å²) in [4.78, 5) is 20.3. The van der Waals surface area contributed by atoms with Crippen molar-refractivity contribution in [1.82, 2.24) is 0 Å². The zero-order chi connectivity index (χ0) is 13.7. The second-order valence-corrected chi connectivity index (χ2v) is 3.81. The first-order valence-corrected chi connectivity index (χ1v) is 5.24. The van der Waals surface area contributed by atoms with Gasteiger partial charge in [0.2, 0.25) is 0 Å². The van der Waals surface area contributed by atoms with E-state index in [0.29, 0.717) is 6.42 Å². The summed E-state index contributed by atoms with van der Waals surface area (Å²) in [5.41, 5.74) is 0.683. The predicted octanol–water partition coefficient (Wildman–Crippen LogP) is 0.334. The van der Waals surface area contributed by atoms with Gasteiger partial charge >= 0.3 is 5.97 Å². The molecule has 98 valence electrons. The Morgan fingerprint density at radius 2 is 1.83 bits per heavy atom. The van der Waals surface area contributed by atoms with Crippen LogP contribution in [0, 0.1) is 10.1 Å². The molecular formula is C11H13NO6. The topological polar surface area (TPSA) is 121 Å². The number of rotatable bonds is 6. The van der Waals surface area contributed by atoms with Gasteiger partial charge in [0.1, 0.15) is 0 Å². The number of hydrogen-bond acceptors (Lipinski definition) is 5. The van der Waals surface area contributed by atoms with Crippen molar-refractivity contribution in [3.63, 3.8) is 0 Å². The average Bonchev–Trinajstić information content (AvgIpc) is 2.35. The summed E-state index contributed by atoms with van der Waals surface area (Å²) in [6.07, 6.45) is -2.80. The van der Waals surface area contributed by atoms with Crippen LogP contribution in [0.15, 0.2) is 24.3 Å². The van der Waals surface area contributed by atoms with Crippen LogP contribution in [0.1, 0.15) is 12.0 Å². The number of aliphatic carboxylic acids is 1. The molecule has 1 aromatic carbocycles. The third kappa shape index (κ3) is 3.79. The fourth-order valence-corrected chi connectivity index (χ4v) is 1.42. The van der Waals surface area contributed by atoms with Crippen LogP contribution in [0.5, 0.6) is 0 Å². The summed E-state index contributed by atoms with van der Waals surface area (Å²) >= 11 is 0. The number of benzene rings is 1. The molecule has 2 atom stereocenters. The second kappa shape index (κ2) is 6.08. The van der Waals surface area contributed by atoms with E-state index in [4.69, 9.17) is 10.2 Å². The molecule has 7 heteroatoms. The minimum absolute atomic E-state index is 0.0372. The number of aliphatic hydroxyl groups is 2. The van der Waals surface area contributed by atoms with Crippen molar-refractivity contribution in [2.24, 2.45) is 0 Å². The maximum Gasteiger partial charge on any atom is 0.335 e. The van der Waals surface area contributed by atoms with Gasteiger partial charge in [-0.05, 0) is 18.4 Å². The van der Waals surface area contributed by atoms with Gasteiger partial charge in [-0.3, -0.25) is 10.1 Å². The molecule has 0 fully saturated rings. The van der Waals surface area contributed by atoms with Crippen molar-refractivity contribution < 1.29 is 25.0 Å². The number of aliphatic hydroxyl groups excluding tert-OH is 2. The van der Waals surface area contributed by atoms with Crippen LogP contribution in [0.4, 0.5) is 5.69 Å². The predicted molar refractivity (Wildman–Crippen MR) is 61.1 cm³/mol. The molecule has 0 saturated carbocycles. The first kappa shape index (κ1) is 14.1. The third-order valence-electron chi connectivity index (χ3n) is 2.49. The van der Waals surface area contributed by atoms with Crippen molar-refractivity contribution in [3.05, 3.63) is 39.9 Å². The van der Waals surface area contributed by atoms with Crippen LogP contribution in [-0.2, 0) is 11.2 Å². The molecule has 1 aromatic rings. The Hall–Kier alpha value is -1.99. The van der Waals surface area contributed by atoms with E-state index >= 15 is 0 Å². The number of aryl methyl sites for hydroxylation is 1. The highest BCUT2D eigenvalue weighted by atomic mass is 16.6. The van der Waals surface area contributed by atoms with Crippen molar-refractivity contribution in [3.8, 4) is 0 Å². The van der Waals surface area contributed by atoms with E-state index in [2.05, 4.69) is 0 Å². The molecule has 2 unspecified atom stereocenters. The second-order valence-electron chi connectivity index (χ2n) is 3.81. The molecule has 3 N–H and O–H groups in total. The monoisotopic (exact) mass is 255 g/mol. The molecule has 0 aromatic heterocycles. The molecule has 0 aliphatic rings. The number of carbonyl (C=O) groups is 1. The first-order valence-electron chi connectivity index (χ1n) is 5.24. The van der Waals surface area contributed by atoms with Crippen molar-refractivity contribution in [2.45, 2.75) is 25.0 Å². The number of nitrogens with zero attached hydrogens (tertiary/aromatic N) is 1. The lowest BCUT2D eigenvalue weighted by Gasteiger charge is -2.13. The lowest BCUT2D eigenvalue weighted by atomic mass is 10.0. The Kier molecular flexibility index (Phi) is 4.75. The fraction of sp³-hybridized carbons (Fsp3) is 0.364. The molecule has 18 heavy (non-hydrogen) atoms. The van der Waals surface area contributed by atoms with Crippen LogP contribution in [0.3, 0.4) is 0 Å². The molecule has 0 heterocycles. The van der Waals surface area contributed by atoms with E-state index in [1.807, 2.05) is 0 Å². The van der Waals surface area contributed by atoms with Gasteiger partial charge in [0.15, 0.2) is 6.10 Å². The Morgan fingerprint density at radius 1 is 1.28 bits per heavy atom. The van der Waals surface area contributed by atoms with Crippen LogP contribution in [0.25, 0.3) is 0 Å². The lowest BCUT2D eigenvalue weighted by molar-refractivity contribution is -0.384. The summed E-state index contributed by atoms with van der Waals surface area (Å²) in [7, 11) is 0. The molecule has 0 radical (unpaired) electrons. The summed E-state index contributed by atoms with van der Waals surface area (Å²) in [5, 5.41) is 37.3. The van der Waals surface area contributed by atoms with E-state index in [9.17, 15) is 20.0 Å².